The lowest BCUT2D eigenvalue weighted by molar-refractivity contribution is 0.193. The first kappa shape index (κ1) is 17.0. The Morgan fingerprint density at radius 1 is 1.00 bits per heavy atom. The summed E-state index contributed by atoms with van der Waals surface area (Å²) in [5.74, 6) is 1.43. The molecule has 1 saturated heterocycles. The van der Waals surface area contributed by atoms with Crippen LogP contribution in [0.15, 0.2) is 55.2 Å². The van der Waals surface area contributed by atoms with E-state index >= 15 is 0 Å². The minimum atomic E-state index is -0.0684. The van der Waals surface area contributed by atoms with E-state index in [0.29, 0.717) is 25.6 Å². The number of aromatic nitrogens is 5. The third kappa shape index (κ3) is 4.02. The van der Waals surface area contributed by atoms with Crippen LogP contribution in [-0.4, -0.2) is 61.8 Å². The number of anilines is 1. The molecule has 27 heavy (non-hydrogen) atoms. The molecular weight excluding hydrogens is 344 g/mol. The van der Waals surface area contributed by atoms with Crippen molar-refractivity contribution in [3.8, 4) is 5.82 Å². The number of rotatable bonds is 4. The van der Waals surface area contributed by atoms with E-state index in [2.05, 4.69) is 30.3 Å². The molecule has 0 spiro atoms. The van der Waals surface area contributed by atoms with Crippen molar-refractivity contribution in [1.82, 2.24) is 34.9 Å². The minimum absolute atomic E-state index is 0.0684. The van der Waals surface area contributed by atoms with Crippen LogP contribution < -0.4 is 10.2 Å². The van der Waals surface area contributed by atoms with E-state index in [-0.39, 0.29) is 6.03 Å². The van der Waals surface area contributed by atoms with Gasteiger partial charge in [0.25, 0.3) is 0 Å². The van der Waals surface area contributed by atoms with Gasteiger partial charge in [-0.05, 0) is 29.8 Å². The molecule has 1 N–H and O–H groups in total. The van der Waals surface area contributed by atoms with Crippen molar-refractivity contribution >= 4 is 12.0 Å². The van der Waals surface area contributed by atoms with Gasteiger partial charge >= 0.3 is 6.03 Å². The van der Waals surface area contributed by atoms with Crippen LogP contribution in [0.3, 0.4) is 0 Å². The summed E-state index contributed by atoms with van der Waals surface area (Å²) in [5, 5.41) is 7.15. The van der Waals surface area contributed by atoms with Gasteiger partial charge in [0.1, 0.15) is 0 Å². The van der Waals surface area contributed by atoms with E-state index in [1.54, 1.807) is 35.5 Å². The molecule has 9 heteroatoms. The summed E-state index contributed by atoms with van der Waals surface area (Å²) >= 11 is 0. The highest BCUT2D eigenvalue weighted by Crippen LogP contribution is 2.10. The van der Waals surface area contributed by atoms with Crippen molar-refractivity contribution < 1.29 is 4.79 Å². The molecule has 9 nitrogen and oxygen atoms in total. The average Bonchev–Trinajstić information content (AvgIpc) is 3.28. The van der Waals surface area contributed by atoms with Crippen LogP contribution in [-0.2, 0) is 6.54 Å². The zero-order chi connectivity index (χ0) is 18.5. The summed E-state index contributed by atoms with van der Waals surface area (Å²) in [6.45, 7) is 3.15. The van der Waals surface area contributed by atoms with Crippen molar-refractivity contribution in [2.24, 2.45) is 0 Å². The van der Waals surface area contributed by atoms with Gasteiger partial charge < -0.3 is 15.1 Å². The monoisotopic (exact) mass is 364 g/mol. The summed E-state index contributed by atoms with van der Waals surface area (Å²) in [4.78, 5) is 29.2. The predicted molar refractivity (Wildman–Crippen MR) is 99.4 cm³/mol. The lowest BCUT2D eigenvalue weighted by Gasteiger charge is -2.34. The molecule has 138 valence electrons. The van der Waals surface area contributed by atoms with E-state index in [1.807, 2.05) is 29.3 Å². The molecule has 3 aromatic rings. The van der Waals surface area contributed by atoms with Crippen molar-refractivity contribution in [2.45, 2.75) is 6.54 Å². The zero-order valence-corrected chi connectivity index (χ0v) is 14.8. The first-order chi connectivity index (χ1) is 13.3. The second-order valence-corrected chi connectivity index (χ2v) is 6.15. The standard InChI is InChI=1S/C18H20N8O/c27-18(25-11-9-24(10-12-25)17-20-4-1-5-21-17)22-14-15-3-7-19-16(13-15)26-8-2-6-23-26/h1-8,13H,9-12,14H2,(H,22,27). The van der Waals surface area contributed by atoms with Crippen molar-refractivity contribution in [3.63, 3.8) is 0 Å². The number of carbonyl (C=O) groups excluding carboxylic acids is 1. The lowest BCUT2D eigenvalue weighted by atomic mass is 10.2. The molecule has 1 fully saturated rings. The molecule has 1 aliphatic heterocycles. The Kier molecular flexibility index (Phi) is 4.91. The highest BCUT2D eigenvalue weighted by atomic mass is 16.2. The Balaban J connectivity index is 1.30. The van der Waals surface area contributed by atoms with E-state index in [1.165, 1.54) is 0 Å². The second kappa shape index (κ2) is 7.81. The number of nitrogens with zero attached hydrogens (tertiary/aromatic N) is 7. The maximum Gasteiger partial charge on any atom is 0.317 e. The number of carbonyl (C=O) groups is 1. The smallest absolute Gasteiger partial charge is 0.317 e. The van der Waals surface area contributed by atoms with Crippen LogP contribution in [0.1, 0.15) is 5.56 Å². The Hall–Kier alpha value is -3.49. The molecule has 0 aromatic carbocycles. The van der Waals surface area contributed by atoms with Crippen molar-refractivity contribution in [3.05, 3.63) is 60.8 Å². The second-order valence-electron chi connectivity index (χ2n) is 6.15. The van der Waals surface area contributed by atoms with Crippen molar-refractivity contribution in [1.29, 1.82) is 0 Å². The van der Waals surface area contributed by atoms with E-state index < -0.39 is 0 Å². The van der Waals surface area contributed by atoms with Crippen LogP contribution in [0, 0.1) is 0 Å². The van der Waals surface area contributed by atoms with Gasteiger partial charge in [-0.1, -0.05) is 0 Å². The molecule has 4 rings (SSSR count). The first-order valence-corrected chi connectivity index (χ1v) is 8.79. The summed E-state index contributed by atoms with van der Waals surface area (Å²) in [6, 6.07) is 7.37. The molecule has 0 atom stereocenters. The molecular formula is C18H20N8O. The number of piperazine rings is 1. The van der Waals surface area contributed by atoms with Gasteiger partial charge in [0.15, 0.2) is 5.82 Å². The van der Waals surface area contributed by atoms with Crippen molar-refractivity contribution in [2.75, 3.05) is 31.1 Å². The van der Waals surface area contributed by atoms with Crippen LogP contribution in [0.2, 0.25) is 0 Å². The van der Waals surface area contributed by atoms with Gasteiger partial charge in [0, 0.05) is 63.7 Å². The molecule has 4 heterocycles. The summed E-state index contributed by atoms with van der Waals surface area (Å²) in [6.07, 6.45) is 8.72. The summed E-state index contributed by atoms with van der Waals surface area (Å²) < 4.78 is 1.69. The molecule has 0 unspecified atom stereocenters. The molecule has 0 radical (unpaired) electrons. The number of amides is 2. The maximum atomic E-state index is 12.5. The minimum Gasteiger partial charge on any atom is -0.337 e. The Morgan fingerprint density at radius 2 is 1.81 bits per heavy atom. The van der Waals surface area contributed by atoms with Gasteiger partial charge in [-0.25, -0.2) is 24.4 Å². The quantitative estimate of drug-likeness (QED) is 0.745. The van der Waals surface area contributed by atoms with E-state index in [9.17, 15) is 4.79 Å². The Labute approximate surface area is 156 Å². The zero-order valence-electron chi connectivity index (χ0n) is 14.8. The third-order valence-electron chi connectivity index (χ3n) is 4.39. The first-order valence-electron chi connectivity index (χ1n) is 8.79. The van der Waals surface area contributed by atoms with E-state index in [4.69, 9.17) is 0 Å². The largest absolute Gasteiger partial charge is 0.337 e. The maximum absolute atomic E-state index is 12.5. The van der Waals surface area contributed by atoms with Gasteiger partial charge in [-0.15, -0.1) is 0 Å². The fourth-order valence-corrected chi connectivity index (χ4v) is 2.95. The topological polar surface area (TPSA) is 92.1 Å². The number of urea groups is 1. The van der Waals surface area contributed by atoms with Gasteiger partial charge in [-0.3, -0.25) is 0 Å². The lowest BCUT2D eigenvalue weighted by Crippen LogP contribution is -2.52. The number of nitrogens with one attached hydrogen (secondary N) is 1. The van der Waals surface area contributed by atoms with Gasteiger partial charge in [0.05, 0.1) is 0 Å². The molecule has 3 aromatic heterocycles. The molecule has 0 aliphatic carbocycles. The van der Waals surface area contributed by atoms with Gasteiger partial charge in [0.2, 0.25) is 5.95 Å². The average molecular weight is 364 g/mol. The number of hydrogen-bond acceptors (Lipinski definition) is 6. The number of hydrogen-bond donors (Lipinski definition) is 1. The highest BCUT2D eigenvalue weighted by molar-refractivity contribution is 5.74. The normalized spacial score (nSPS) is 14.2. The third-order valence-corrected chi connectivity index (χ3v) is 4.39. The van der Waals surface area contributed by atoms with Crippen LogP contribution in [0.4, 0.5) is 10.7 Å². The molecule has 0 bridgehead atoms. The Bertz CT molecular complexity index is 875. The fourth-order valence-electron chi connectivity index (χ4n) is 2.95. The Morgan fingerprint density at radius 3 is 2.56 bits per heavy atom. The van der Waals surface area contributed by atoms with Crippen LogP contribution in [0.5, 0.6) is 0 Å². The molecule has 1 aliphatic rings. The van der Waals surface area contributed by atoms with Gasteiger partial charge in [-0.2, -0.15) is 5.10 Å². The predicted octanol–water partition coefficient (Wildman–Crippen LogP) is 1.09. The summed E-state index contributed by atoms with van der Waals surface area (Å²) in [7, 11) is 0. The fraction of sp³-hybridized carbons (Fsp3) is 0.278. The molecule has 2 amide bonds. The number of pyridine rings is 1. The SMILES string of the molecule is O=C(NCc1ccnc(-n2cccn2)c1)N1CCN(c2ncccn2)CC1. The summed E-state index contributed by atoms with van der Waals surface area (Å²) in [5.41, 5.74) is 0.972. The molecule has 0 saturated carbocycles. The van der Waals surface area contributed by atoms with Crippen LogP contribution in [0.25, 0.3) is 5.82 Å². The van der Waals surface area contributed by atoms with Crippen LogP contribution >= 0.6 is 0 Å². The van der Waals surface area contributed by atoms with E-state index in [0.717, 1.165) is 24.5 Å². The highest BCUT2D eigenvalue weighted by Gasteiger charge is 2.22.